The van der Waals surface area contributed by atoms with E-state index in [1.54, 1.807) is 54.6 Å². The molecule has 0 saturated heterocycles. The molecule has 0 radical (unpaired) electrons. The first kappa shape index (κ1) is 15.8. The van der Waals surface area contributed by atoms with Gasteiger partial charge in [-0.3, -0.25) is 9.59 Å². The monoisotopic (exact) mass is 342 g/mol. The molecule has 126 valence electrons. The van der Waals surface area contributed by atoms with Crippen molar-refractivity contribution >= 4 is 16.8 Å². The van der Waals surface area contributed by atoms with E-state index in [9.17, 15) is 14.7 Å². The van der Waals surface area contributed by atoms with Gasteiger partial charge in [0, 0.05) is 17.2 Å². The summed E-state index contributed by atoms with van der Waals surface area (Å²) in [4.78, 5) is 26.1. The van der Waals surface area contributed by atoms with Crippen LogP contribution in [0.3, 0.4) is 0 Å². The van der Waals surface area contributed by atoms with E-state index >= 15 is 0 Å². The molecule has 0 amide bonds. The molecule has 0 spiro atoms. The van der Waals surface area contributed by atoms with Crippen LogP contribution in [0.5, 0.6) is 5.75 Å². The summed E-state index contributed by atoms with van der Waals surface area (Å²) in [5, 5.41) is 9.96. The summed E-state index contributed by atoms with van der Waals surface area (Å²) >= 11 is 0. The molecule has 3 aromatic carbocycles. The number of rotatable bonds is 3. The van der Waals surface area contributed by atoms with E-state index in [4.69, 9.17) is 4.42 Å². The summed E-state index contributed by atoms with van der Waals surface area (Å²) < 4.78 is 5.90. The maximum atomic E-state index is 13.1. The van der Waals surface area contributed by atoms with E-state index in [-0.39, 0.29) is 28.0 Å². The molecular formula is C22H14O4. The normalized spacial score (nSPS) is 10.8. The van der Waals surface area contributed by atoms with E-state index in [2.05, 4.69) is 0 Å². The second kappa shape index (κ2) is 6.33. The van der Waals surface area contributed by atoms with Gasteiger partial charge in [-0.2, -0.15) is 0 Å². The number of fused-ring (bicyclic) bond motifs is 1. The lowest BCUT2D eigenvalue weighted by Crippen LogP contribution is -2.17. The zero-order chi connectivity index (χ0) is 18.1. The number of phenolic OH excluding ortho intramolecular Hbond substituents is 1. The van der Waals surface area contributed by atoms with Crippen molar-refractivity contribution in [1.29, 1.82) is 0 Å². The first-order chi connectivity index (χ1) is 12.6. The number of phenols is 1. The lowest BCUT2D eigenvalue weighted by atomic mass is 9.97. The summed E-state index contributed by atoms with van der Waals surface area (Å²) in [6.07, 6.45) is 0. The molecule has 4 aromatic rings. The summed E-state index contributed by atoms with van der Waals surface area (Å²) in [5.41, 5.74) is 0.835. The molecule has 0 aliphatic carbocycles. The highest BCUT2D eigenvalue weighted by molar-refractivity contribution is 6.13. The van der Waals surface area contributed by atoms with Gasteiger partial charge in [0.1, 0.15) is 22.7 Å². The van der Waals surface area contributed by atoms with E-state index in [1.165, 1.54) is 18.2 Å². The van der Waals surface area contributed by atoms with Crippen LogP contribution in [0.1, 0.15) is 15.9 Å². The third kappa shape index (κ3) is 2.67. The minimum absolute atomic E-state index is 0.0122. The molecule has 0 atom stereocenters. The maximum absolute atomic E-state index is 13.1. The smallest absolute Gasteiger partial charge is 0.204 e. The molecule has 0 unspecified atom stereocenters. The largest absolute Gasteiger partial charge is 0.508 e. The van der Waals surface area contributed by atoms with E-state index in [0.717, 1.165) is 0 Å². The predicted molar refractivity (Wildman–Crippen MR) is 99.5 cm³/mol. The van der Waals surface area contributed by atoms with Crippen LogP contribution in [0.15, 0.2) is 88.1 Å². The molecular weight excluding hydrogens is 328 g/mol. The SMILES string of the molecule is O=C(c1ccccc1)c1c(-c2ccccc2)oc2cc(O)ccc2c1=O. The maximum Gasteiger partial charge on any atom is 0.204 e. The Morgan fingerprint density at radius 2 is 1.50 bits per heavy atom. The molecule has 4 heteroatoms. The Morgan fingerprint density at radius 1 is 0.846 bits per heavy atom. The van der Waals surface area contributed by atoms with Crippen LogP contribution >= 0.6 is 0 Å². The Bertz CT molecular complexity index is 1160. The van der Waals surface area contributed by atoms with Gasteiger partial charge in [-0.15, -0.1) is 0 Å². The fraction of sp³-hybridized carbons (Fsp3) is 0. The van der Waals surface area contributed by atoms with Crippen LogP contribution in [0.4, 0.5) is 0 Å². The number of hydrogen-bond donors (Lipinski definition) is 1. The van der Waals surface area contributed by atoms with Gasteiger partial charge in [0.15, 0.2) is 0 Å². The summed E-state index contributed by atoms with van der Waals surface area (Å²) in [6, 6.07) is 21.9. The van der Waals surface area contributed by atoms with E-state index in [0.29, 0.717) is 11.1 Å². The highest BCUT2D eigenvalue weighted by atomic mass is 16.3. The first-order valence-corrected chi connectivity index (χ1v) is 8.10. The molecule has 1 heterocycles. The van der Waals surface area contributed by atoms with Crippen LogP contribution in [0, 0.1) is 0 Å². The van der Waals surface area contributed by atoms with Gasteiger partial charge in [-0.25, -0.2) is 0 Å². The van der Waals surface area contributed by atoms with Crippen LogP contribution in [0.25, 0.3) is 22.3 Å². The lowest BCUT2D eigenvalue weighted by molar-refractivity contribution is 0.103. The van der Waals surface area contributed by atoms with Crippen molar-refractivity contribution in [2.75, 3.05) is 0 Å². The van der Waals surface area contributed by atoms with Gasteiger partial charge in [0.05, 0.1) is 5.39 Å². The quantitative estimate of drug-likeness (QED) is 0.561. The third-order valence-electron chi connectivity index (χ3n) is 4.17. The summed E-state index contributed by atoms with van der Waals surface area (Å²) in [5.74, 6) is -0.211. The van der Waals surface area contributed by atoms with Gasteiger partial charge >= 0.3 is 0 Å². The molecule has 4 nitrogen and oxygen atoms in total. The predicted octanol–water partition coefficient (Wildman–Crippen LogP) is 4.40. The fourth-order valence-corrected chi connectivity index (χ4v) is 2.91. The topological polar surface area (TPSA) is 67.5 Å². The number of carbonyl (C=O) groups is 1. The molecule has 0 aliphatic rings. The van der Waals surface area contributed by atoms with Gasteiger partial charge in [-0.05, 0) is 12.1 Å². The Morgan fingerprint density at radius 3 is 2.19 bits per heavy atom. The fourth-order valence-electron chi connectivity index (χ4n) is 2.91. The van der Waals surface area contributed by atoms with Crippen LogP contribution in [-0.4, -0.2) is 10.9 Å². The minimum atomic E-state index is -0.418. The highest BCUT2D eigenvalue weighted by Crippen LogP contribution is 2.29. The minimum Gasteiger partial charge on any atom is -0.508 e. The molecule has 4 rings (SSSR count). The van der Waals surface area contributed by atoms with Crippen LogP contribution in [-0.2, 0) is 0 Å². The van der Waals surface area contributed by atoms with E-state index in [1.807, 2.05) is 6.07 Å². The van der Waals surface area contributed by atoms with Crippen molar-refractivity contribution in [2.45, 2.75) is 0 Å². The van der Waals surface area contributed by atoms with Gasteiger partial charge in [-0.1, -0.05) is 60.7 Å². The van der Waals surface area contributed by atoms with Gasteiger partial charge in [0.25, 0.3) is 0 Å². The summed E-state index contributed by atoms with van der Waals surface area (Å²) in [7, 11) is 0. The number of hydrogen-bond acceptors (Lipinski definition) is 4. The molecule has 1 N–H and O–H groups in total. The second-order valence-electron chi connectivity index (χ2n) is 5.88. The number of carbonyl (C=O) groups excluding carboxylic acids is 1. The average Bonchev–Trinajstić information content (AvgIpc) is 2.68. The first-order valence-electron chi connectivity index (χ1n) is 8.10. The van der Waals surface area contributed by atoms with Crippen LogP contribution in [0.2, 0.25) is 0 Å². The molecule has 0 fully saturated rings. The van der Waals surface area contributed by atoms with Crippen molar-refractivity contribution in [2.24, 2.45) is 0 Å². The molecule has 0 saturated carbocycles. The Labute approximate surface area is 149 Å². The Balaban J connectivity index is 2.07. The van der Waals surface area contributed by atoms with Gasteiger partial charge < -0.3 is 9.52 Å². The second-order valence-corrected chi connectivity index (χ2v) is 5.88. The van der Waals surface area contributed by atoms with Crippen molar-refractivity contribution in [3.63, 3.8) is 0 Å². The van der Waals surface area contributed by atoms with Crippen LogP contribution < -0.4 is 5.43 Å². The Kier molecular flexibility index (Phi) is 3.86. The van der Waals surface area contributed by atoms with E-state index < -0.39 is 11.2 Å². The average molecular weight is 342 g/mol. The van der Waals surface area contributed by atoms with Crippen molar-refractivity contribution in [1.82, 2.24) is 0 Å². The zero-order valence-corrected chi connectivity index (χ0v) is 13.7. The molecule has 0 aliphatic heterocycles. The Hall–Kier alpha value is -3.66. The molecule has 0 bridgehead atoms. The standard InChI is InChI=1S/C22H14O4/c23-16-11-12-17-18(13-16)26-22(15-9-5-2-6-10-15)19(21(17)25)20(24)14-7-3-1-4-8-14/h1-13,23H. The molecule has 1 aromatic heterocycles. The lowest BCUT2D eigenvalue weighted by Gasteiger charge is -2.10. The van der Waals surface area contributed by atoms with Crippen molar-refractivity contribution < 1.29 is 14.3 Å². The van der Waals surface area contributed by atoms with Gasteiger partial charge in [0.2, 0.25) is 11.2 Å². The highest BCUT2D eigenvalue weighted by Gasteiger charge is 2.23. The van der Waals surface area contributed by atoms with Crippen molar-refractivity contribution in [3.05, 3.63) is 100 Å². The number of aromatic hydroxyl groups is 1. The number of benzene rings is 3. The third-order valence-corrected chi connectivity index (χ3v) is 4.17. The van der Waals surface area contributed by atoms with Crippen molar-refractivity contribution in [3.8, 4) is 17.1 Å². The number of ketones is 1. The zero-order valence-electron chi connectivity index (χ0n) is 13.7. The molecule has 26 heavy (non-hydrogen) atoms. The summed E-state index contributed by atoms with van der Waals surface area (Å²) in [6.45, 7) is 0.